The third-order valence-electron chi connectivity index (χ3n) is 5.05. The molecule has 1 N–H and O–H groups in total. The van der Waals surface area contributed by atoms with E-state index in [1.807, 2.05) is 0 Å². The van der Waals surface area contributed by atoms with E-state index in [0.717, 1.165) is 5.56 Å². The highest BCUT2D eigenvalue weighted by atomic mass is 19.1. The molecule has 3 rings (SSSR count). The minimum atomic E-state index is -0.400. The van der Waals surface area contributed by atoms with Crippen LogP contribution in [0.15, 0.2) is 55.0 Å². The van der Waals surface area contributed by atoms with E-state index in [9.17, 15) is 14.0 Å². The number of amides is 3. The molecule has 166 valence electrons. The number of anilines is 1. The van der Waals surface area contributed by atoms with Crippen molar-refractivity contribution in [3.63, 3.8) is 0 Å². The van der Waals surface area contributed by atoms with Crippen molar-refractivity contribution in [2.75, 3.05) is 26.0 Å². The van der Waals surface area contributed by atoms with E-state index in [1.54, 1.807) is 83.9 Å². The predicted molar refractivity (Wildman–Crippen MR) is 122 cm³/mol. The summed E-state index contributed by atoms with van der Waals surface area (Å²) in [4.78, 5) is 36.7. The topological polar surface area (TPSA) is 78.4 Å². The lowest BCUT2D eigenvalue weighted by Gasteiger charge is -2.23. The second kappa shape index (κ2) is 9.55. The number of halogens is 1. The molecule has 0 aliphatic heterocycles. The van der Waals surface area contributed by atoms with E-state index >= 15 is 0 Å². The number of hydrogen-bond donors (Lipinski definition) is 1. The summed E-state index contributed by atoms with van der Waals surface area (Å²) in [5, 5.41) is 2.88. The van der Waals surface area contributed by atoms with Crippen LogP contribution in [0.1, 0.15) is 34.6 Å². The second-order valence-electron chi connectivity index (χ2n) is 7.81. The normalized spacial score (nSPS) is 11.6. The molecule has 8 heteroatoms. The molecule has 3 amide bonds. The fourth-order valence-electron chi connectivity index (χ4n) is 3.24. The van der Waals surface area contributed by atoms with Gasteiger partial charge in [0.05, 0.1) is 17.9 Å². The summed E-state index contributed by atoms with van der Waals surface area (Å²) in [6, 6.07) is 9.16. The van der Waals surface area contributed by atoms with Crippen LogP contribution in [0.25, 0.3) is 11.1 Å². The number of rotatable bonds is 5. The van der Waals surface area contributed by atoms with Crippen LogP contribution in [0.3, 0.4) is 0 Å². The van der Waals surface area contributed by atoms with E-state index in [-0.39, 0.29) is 18.0 Å². The molecule has 0 bridgehead atoms. The zero-order valence-corrected chi connectivity index (χ0v) is 18.8. The first-order valence-electron chi connectivity index (χ1n) is 10.1. The van der Waals surface area contributed by atoms with Gasteiger partial charge in [0.25, 0.3) is 5.91 Å². The van der Waals surface area contributed by atoms with E-state index in [1.165, 1.54) is 15.9 Å². The van der Waals surface area contributed by atoms with Gasteiger partial charge in [0, 0.05) is 50.4 Å². The number of benzene rings is 2. The van der Waals surface area contributed by atoms with E-state index < -0.39 is 5.82 Å². The standard InChI is InChI=1S/C24H26FN5O2/c1-15-6-7-20(21(25)10-15)17-11-18(13-19(12-17)30(5)24(32)29(3)4)23(31)28-16(2)22-14-26-8-9-27-22/h6-14,16H,1-5H3,(H,28,31). The average molecular weight is 436 g/mol. The Balaban J connectivity index is 2.03. The summed E-state index contributed by atoms with van der Waals surface area (Å²) >= 11 is 0. The molecule has 1 unspecified atom stereocenters. The van der Waals surface area contributed by atoms with Crippen molar-refractivity contribution in [1.82, 2.24) is 20.2 Å². The van der Waals surface area contributed by atoms with Crippen LogP contribution in [0.4, 0.5) is 14.9 Å². The van der Waals surface area contributed by atoms with Crippen LogP contribution >= 0.6 is 0 Å². The molecule has 0 radical (unpaired) electrons. The van der Waals surface area contributed by atoms with Crippen LogP contribution in [0, 0.1) is 12.7 Å². The molecule has 1 aromatic heterocycles. The quantitative estimate of drug-likeness (QED) is 0.652. The highest BCUT2D eigenvalue weighted by molar-refractivity contribution is 5.99. The minimum Gasteiger partial charge on any atom is -0.344 e. The van der Waals surface area contributed by atoms with Crippen LogP contribution in [-0.4, -0.2) is 47.9 Å². The molecule has 0 saturated heterocycles. The first-order valence-corrected chi connectivity index (χ1v) is 10.1. The van der Waals surface area contributed by atoms with Gasteiger partial charge in [-0.05, 0) is 49.2 Å². The van der Waals surface area contributed by atoms with Gasteiger partial charge in [-0.15, -0.1) is 0 Å². The van der Waals surface area contributed by atoms with Gasteiger partial charge >= 0.3 is 6.03 Å². The monoisotopic (exact) mass is 435 g/mol. The third kappa shape index (κ3) is 5.08. The van der Waals surface area contributed by atoms with Gasteiger partial charge in [-0.25, -0.2) is 9.18 Å². The predicted octanol–water partition coefficient (Wildman–Crippen LogP) is 4.20. The molecule has 1 heterocycles. The number of hydrogen-bond acceptors (Lipinski definition) is 4. The van der Waals surface area contributed by atoms with Gasteiger partial charge in [0.1, 0.15) is 5.82 Å². The van der Waals surface area contributed by atoms with E-state index in [4.69, 9.17) is 0 Å². The Morgan fingerprint density at radius 3 is 2.44 bits per heavy atom. The van der Waals surface area contributed by atoms with E-state index in [2.05, 4.69) is 15.3 Å². The first kappa shape index (κ1) is 22.9. The van der Waals surface area contributed by atoms with E-state index in [0.29, 0.717) is 28.1 Å². The minimum absolute atomic E-state index is 0.272. The summed E-state index contributed by atoms with van der Waals surface area (Å²) in [6.45, 7) is 3.60. The SMILES string of the molecule is Cc1ccc(-c2cc(C(=O)NC(C)c3cnccn3)cc(N(C)C(=O)N(C)C)c2)c(F)c1. The lowest BCUT2D eigenvalue weighted by Crippen LogP contribution is -2.36. The molecule has 0 aliphatic carbocycles. The molecule has 32 heavy (non-hydrogen) atoms. The van der Waals surface area contributed by atoms with Gasteiger partial charge in [-0.3, -0.25) is 19.7 Å². The molecule has 0 spiro atoms. The highest BCUT2D eigenvalue weighted by Crippen LogP contribution is 2.30. The van der Waals surface area contributed by atoms with Crippen molar-refractivity contribution in [1.29, 1.82) is 0 Å². The van der Waals surface area contributed by atoms with Crippen LogP contribution in [0.2, 0.25) is 0 Å². The highest BCUT2D eigenvalue weighted by Gasteiger charge is 2.19. The number of carbonyl (C=O) groups is 2. The molecule has 7 nitrogen and oxygen atoms in total. The van der Waals surface area contributed by atoms with Crippen molar-refractivity contribution in [2.24, 2.45) is 0 Å². The smallest absolute Gasteiger partial charge is 0.323 e. The Kier molecular flexibility index (Phi) is 6.82. The number of aromatic nitrogens is 2. The number of urea groups is 1. The third-order valence-corrected chi connectivity index (χ3v) is 5.05. The molecule has 1 atom stereocenters. The number of carbonyl (C=O) groups excluding carboxylic acids is 2. The Morgan fingerprint density at radius 2 is 1.81 bits per heavy atom. The summed E-state index contributed by atoms with van der Waals surface area (Å²) in [6.07, 6.45) is 4.69. The summed E-state index contributed by atoms with van der Waals surface area (Å²) in [7, 11) is 4.88. The fraction of sp³-hybridized carbons (Fsp3) is 0.250. The number of nitrogens with zero attached hydrogens (tertiary/aromatic N) is 4. The van der Waals surface area contributed by atoms with Crippen LogP contribution in [0.5, 0.6) is 0 Å². The zero-order valence-electron chi connectivity index (χ0n) is 18.8. The van der Waals surface area contributed by atoms with Gasteiger partial charge in [0.15, 0.2) is 0 Å². The van der Waals surface area contributed by atoms with Crippen molar-refractivity contribution >= 4 is 17.6 Å². The van der Waals surface area contributed by atoms with Gasteiger partial charge in [0.2, 0.25) is 0 Å². The number of nitrogens with one attached hydrogen (secondary N) is 1. The zero-order chi connectivity index (χ0) is 23.4. The largest absolute Gasteiger partial charge is 0.344 e. The molecule has 2 aromatic carbocycles. The Morgan fingerprint density at radius 1 is 1.06 bits per heavy atom. The average Bonchev–Trinajstić information content (AvgIpc) is 2.78. The Hall–Kier alpha value is -3.81. The first-order chi connectivity index (χ1) is 15.2. The summed E-state index contributed by atoms with van der Waals surface area (Å²) in [5.41, 5.74) is 3.01. The Labute approximate surface area is 186 Å². The Bertz CT molecular complexity index is 1130. The maximum atomic E-state index is 14.7. The molecule has 0 fully saturated rings. The van der Waals surface area contributed by atoms with Crippen molar-refractivity contribution < 1.29 is 14.0 Å². The molecular weight excluding hydrogens is 409 g/mol. The maximum absolute atomic E-state index is 14.7. The number of aryl methyl sites for hydroxylation is 1. The van der Waals surface area contributed by atoms with Gasteiger partial charge < -0.3 is 10.2 Å². The second-order valence-corrected chi connectivity index (χ2v) is 7.81. The van der Waals surface area contributed by atoms with Crippen molar-refractivity contribution in [3.05, 3.63) is 77.6 Å². The maximum Gasteiger partial charge on any atom is 0.323 e. The lowest BCUT2D eigenvalue weighted by molar-refractivity contribution is 0.0939. The van der Waals surface area contributed by atoms with Gasteiger partial charge in [-0.1, -0.05) is 12.1 Å². The summed E-state index contributed by atoms with van der Waals surface area (Å²) < 4.78 is 14.7. The van der Waals surface area contributed by atoms with Crippen LogP contribution in [-0.2, 0) is 0 Å². The molecular formula is C24H26FN5O2. The lowest BCUT2D eigenvalue weighted by atomic mass is 9.99. The van der Waals surface area contributed by atoms with Crippen molar-refractivity contribution in [2.45, 2.75) is 19.9 Å². The molecule has 3 aromatic rings. The summed E-state index contributed by atoms with van der Waals surface area (Å²) in [5.74, 6) is -0.771. The van der Waals surface area contributed by atoms with Crippen LogP contribution < -0.4 is 10.2 Å². The molecule has 0 saturated carbocycles. The molecule has 0 aliphatic rings. The van der Waals surface area contributed by atoms with Crippen molar-refractivity contribution in [3.8, 4) is 11.1 Å². The van der Waals surface area contributed by atoms with Gasteiger partial charge in [-0.2, -0.15) is 0 Å². The fourth-order valence-corrected chi connectivity index (χ4v) is 3.24.